The Bertz CT molecular complexity index is 1030. The molecule has 1 atom stereocenters. The Balaban J connectivity index is 1.74. The number of hydrogen-bond donors (Lipinski definition) is 1. The number of ether oxygens (including phenoxy) is 1. The van der Waals surface area contributed by atoms with Gasteiger partial charge < -0.3 is 10.1 Å². The van der Waals surface area contributed by atoms with Crippen molar-refractivity contribution in [1.82, 2.24) is 4.31 Å². The molecule has 1 aliphatic heterocycles. The van der Waals surface area contributed by atoms with Crippen LogP contribution in [0.1, 0.15) is 18.4 Å². The van der Waals surface area contributed by atoms with E-state index in [1.807, 2.05) is 13.0 Å². The van der Waals surface area contributed by atoms with Crippen LogP contribution in [0.3, 0.4) is 0 Å². The maximum Gasteiger partial charge on any atom is 0.243 e. The monoisotopic (exact) mass is 456 g/mol. The van der Waals surface area contributed by atoms with E-state index in [0.717, 1.165) is 5.56 Å². The zero-order valence-corrected chi connectivity index (χ0v) is 18.4. The SMILES string of the molecule is COc1ccc(S(=O)(=O)N2CCC[C@@H](C(=O)Nc3ccc(C)c(Cl)c3)C2)cc1Cl. The number of halogens is 2. The van der Waals surface area contributed by atoms with Gasteiger partial charge in [-0.15, -0.1) is 0 Å². The largest absolute Gasteiger partial charge is 0.495 e. The van der Waals surface area contributed by atoms with Gasteiger partial charge in [-0.1, -0.05) is 29.3 Å². The normalized spacial score (nSPS) is 17.7. The highest BCUT2D eigenvalue weighted by Crippen LogP contribution is 2.30. The van der Waals surface area contributed by atoms with E-state index in [1.165, 1.54) is 29.6 Å². The van der Waals surface area contributed by atoms with Crippen LogP contribution in [-0.4, -0.2) is 38.8 Å². The van der Waals surface area contributed by atoms with E-state index in [4.69, 9.17) is 27.9 Å². The van der Waals surface area contributed by atoms with Crippen molar-refractivity contribution in [3.8, 4) is 5.75 Å². The molecule has 1 N–H and O–H groups in total. The third-order valence-corrected chi connectivity index (χ3v) is 7.52. The van der Waals surface area contributed by atoms with E-state index in [0.29, 0.717) is 35.8 Å². The lowest BCUT2D eigenvalue weighted by atomic mass is 9.98. The standard InChI is InChI=1S/C20H22Cl2N2O4S/c1-13-5-6-15(10-17(13)21)23-20(25)14-4-3-9-24(12-14)29(26,27)16-7-8-19(28-2)18(22)11-16/h5-8,10-11,14H,3-4,9,12H2,1-2H3,(H,23,25)/t14-/m1/s1. The molecule has 6 nitrogen and oxygen atoms in total. The quantitative estimate of drug-likeness (QED) is 0.725. The second-order valence-electron chi connectivity index (χ2n) is 6.95. The lowest BCUT2D eigenvalue weighted by Gasteiger charge is -2.31. The molecule has 1 heterocycles. The third-order valence-electron chi connectivity index (χ3n) is 4.96. The van der Waals surface area contributed by atoms with Crippen molar-refractivity contribution in [2.75, 3.05) is 25.5 Å². The number of amides is 1. The summed E-state index contributed by atoms with van der Waals surface area (Å²) in [7, 11) is -2.31. The van der Waals surface area contributed by atoms with Crippen LogP contribution < -0.4 is 10.1 Å². The summed E-state index contributed by atoms with van der Waals surface area (Å²) in [6.45, 7) is 2.34. The van der Waals surface area contributed by atoms with E-state index >= 15 is 0 Å². The first-order chi connectivity index (χ1) is 13.7. The molecule has 0 saturated carbocycles. The number of benzene rings is 2. The minimum Gasteiger partial charge on any atom is -0.495 e. The maximum atomic E-state index is 13.0. The third kappa shape index (κ3) is 4.86. The number of methoxy groups -OCH3 is 1. The Morgan fingerprint density at radius 3 is 2.59 bits per heavy atom. The number of rotatable bonds is 5. The van der Waals surface area contributed by atoms with Gasteiger partial charge in [-0.25, -0.2) is 8.42 Å². The minimum atomic E-state index is -3.77. The number of aryl methyl sites for hydroxylation is 1. The van der Waals surface area contributed by atoms with Crippen LogP contribution in [0.25, 0.3) is 0 Å². The number of sulfonamides is 1. The van der Waals surface area contributed by atoms with Gasteiger partial charge in [-0.3, -0.25) is 4.79 Å². The fourth-order valence-electron chi connectivity index (χ4n) is 3.25. The molecule has 29 heavy (non-hydrogen) atoms. The fraction of sp³-hybridized carbons (Fsp3) is 0.350. The summed E-state index contributed by atoms with van der Waals surface area (Å²) in [5, 5.41) is 3.61. The highest BCUT2D eigenvalue weighted by molar-refractivity contribution is 7.89. The van der Waals surface area contributed by atoms with Crippen LogP contribution in [0.2, 0.25) is 10.0 Å². The van der Waals surface area contributed by atoms with Gasteiger partial charge in [0.05, 0.1) is 22.9 Å². The average Bonchev–Trinajstić information content (AvgIpc) is 2.70. The topological polar surface area (TPSA) is 75.7 Å². The molecule has 0 unspecified atom stereocenters. The summed E-state index contributed by atoms with van der Waals surface area (Å²) in [5.41, 5.74) is 1.50. The molecule has 1 fully saturated rings. The van der Waals surface area contributed by atoms with Crippen LogP contribution in [-0.2, 0) is 14.8 Å². The van der Waals surface area contributed by atoms with Crippen LogP contribution in [0.4, 0.5) is 5.69 Å². The van der Waals surface area contributed by atoms with Gasteiger partial charge >= 0.3 is 0 Å². The molecule has 1 aliphatic rings. The highest BCUT2D eigenvalue weighted by Gasteiger charge is 2.33. The molecule has 0 spiro atoms. The van der Waals surface area contributed by atoms with Gasteiger partial charge in [0, 0.05) is 23.8 Å². The number of anilines is 1. The molecule has 2 aromatic rings. The van der Waals surface area contributed by atoms with E-state index in [2.05, 4.69) is 5.32 Å². The lowest BCUT2D eigenvalue weighted by molar-refractivity contribution is -0.120. The Morgan fingerprint density at radius 2 is 1.93 bits per heavy atom. The van der Waals surface area contributed by atoms with E-state index in [-0.39, 0.29) is 22.4 Å². The summed E-state index contributed by atoms with van der Waals surface area (Å²) in [5.74, 6) is -0.275. The van der Waals surface area contributed by atoms with E-state index in [9.17, 15) is 13.2 Å². The molecule has 1 amide bonds. The van der Waals surface area contributed by atoms with Crippen LogP contribution in [0.15, 0.2) is 41.3 Å². The predicted molar refractivity (Wildman–Crippen MR) is 114 cm³/mol. The molecule has 0 aromatic heterocycles. The number of carbonyl (C=O) groups excluding carboxylic acids is 1. The zero-order chi connectivity index (χ0) is 21.2. The van der Waals surface area contributed by atoms with Crippen LogP contribution in [0.5, 0.6) is 5.75 Å². The molecule has 9 heteroatoms. The van der Waals surface area contributed by atoms with Gasteiger partial charge in [0.25, 0.3) is 0 Å². The zero-order valence-electron chi connectivity index (χ0n) is 16.1. The van der Waals surface area contributed by atoms with Crippen molar-refractivity contribution in [3.05, 3.63) is 52.0 Å². The Hall–Kier alpha value is -1.80. The molecule has 2 aromatic carbocycles. The fourth-order valence-corrected chi connectivity index (χ4v) is 5.30. The molecule has 3 rings (SSSR count). The smallest absolute Gasteiger partial charge is 0.243 e. The summed E-state index contributed by atoms with van der Waals surface area (Å²) in [6, 6.07) is 9.63. The summed E-state index contributed by atoms with van der Waals surface area (Å²) < 4.78 is 32.5. The van der Waals surface area contributed by atoms with Crippen molar-refractivity contribution in [2.24, 2.45) is 5.92 Å². The lowest BCUT2D eigenvalue weighted by Crippen LogP contribution is -2.43. The molecular weight excluding hydrogens is 435 g/mol. The summed E-state index contributed by atoms with van der Waals surface area (Å²) in [4.78, 5) is 12.8. The first-order valence-corrected chi connectivity index (χ1v) is 11.3. The summed E-state index contributed by atoms with van der Waals surface area (Å²) in [6.07, 6.45) is 1.21. The minimum absolute atomic E-state index is 0.0784. The first kappa shape index (κ1) is 21.9. The molecule has 0 bridgehead atoms. The second-order valence-corrected chi connectivity index (χ2v) is 9.70. The van der Waals surface area contributed by atoms with Gasteiger partial charge in [0.1, 0.15) is 5.75 Å². The number of piperidine rings is 1. The average molecular weight is 457 g/mol. The Kier molecular flexibility index (Phi) is 6.73. The second kappa shape index (κ2) is 8.92. The Labute approximate surface area is 180 Å². The van der Waals surface area contributed by atoms with Crippen LogP contribution in [0, 0.1) is 12.8 Å². The first-order valence-electron chi connectivity index (χ1n) is 9.13. The van der Waals surface area contributed by atoms with Gasteiger partial charge in [-0.05, 0) is 55.7 Å². The molecule has 0 aliphatic carbocycles. The van der Waals surface area contributed by atoms with Gasteiger partial charge in [-0.2, -0.15) is 4.31 Å². The van der Waals surface area contributed by atoms with Crippen molar-refractivity contribution >= 4 is 44.8 Å². The molecular formula is C20H22Cl2N2O4S. The molecule has 1 saturated heterocycles. The number of carbonyl (C=O) groups is 1. The maximum absolute atomic E-state index is 13.0. The number of hydrogen-bond acceptors (Lipinski definition) is 4. The van der Waals surface area contributed by atoms with E-state index < -0.39 is 15.9 Å². The predicted octanol–water partition coefficient (Wildman–Crippen LogP) is 4.35. The van der Waals surface area contributed by atoms with Crippen molar-refractivity contribution in [2.45, 2.75) is 24.7 Å². The number of nitrogens with one attached hydrogen (secondary N) is 1. The number of nitrogens with zero attached hydrogens (tertiary/aromatic N) is 1. The summed E-state index contributed by atoms with van der Waals surface area (Å²) >= 11 is 12.2. The Morgan fingerprint density at radius 1 is 1.17 bits per heavy atom. The van der Waals surface area contributed by atoms with Crippen molar-refractivity contribution in [1.29, 1.82) is 0 Å². The van der Waals surface area contributed by atoms with Crippen molar-refractivity contribution < 1.29 is 17.9 Å². The van der Waals surface area contributed by atoms with Gasteiger partial charge in [0.15, 0.2) is 0 Å². The van der Waals surface area contributed by atoms with Crippen molar-refractivity contribution in [3.63, 3.8) is 0 Å². The molecule has 0 radical (unpaired) electrons. The van der Waals surface area contributed by atoms with E-state index in [1.54, 1.807) is 12.1 Å². The van der Waals surface area contributed by atoms with Crippen LogP contribution >= 0.6 is 23.2 Å². The molecule has 156 valence electrons. The van der Waals surface area contributed by atoms with Gasteiger partial charge in [0.2, 0.25) is 15.9 Å². The highest BCUT2D eigenvalue weighted by atomic mass is 35.5.